The van der Waals surface area contributed by atoms with E-state index in [0.29, 0.717) is 0 Å². The Bertz CT molecular complexity index is 1640. The average molecular weight is 622 g/mol. The third-order valence-electron chi connectivity index (χ3n) is 5.93. The number of ketones is 1. The monoisotopic (exact) mass is 621 g/mol. The summed E-state index contributed by atoms with van der Waals surface area (Å²) in [4.78, 5) is 48.7. The summed E-state index contributed by atoms with van der Waals surface area (Å²) >= 11 is 12.0. The van der Waals surface area contributed by atoms with E-state index in [4.69, 9.17) is 32.7 Å². The van der Waals surface area contributed by atoms with Crippen molar-refractivity contribution < 1.29 is 37.2 Å². The Morgan fingerprint density at radius 2 is 1.63 bits per heavy atom. The fourth-order valence-electron chi connectivity index (χ4n) is 3.92. The molecule has 1 heterocycles. The number of hydrogen-bond acceptors (Lipinski definition) is 9. The smallest absolute Gasteiger partial charge is 0.339 e. The Morgan fingerprint density at radius 3 is 2.32 bits per heavy atom. The van der Waals surface area contributed by atoms with Gasteiger partial charge in [-0.05, 0) is 36.4 Å². The maximum Gasteiger partial charge on any atom is 0.339 e. The number of nitro groups is 1. The van der Waals surface area contributed by atoms with Crippen molar-refractivity contribution in [3.8, 4) is 0 Å². The Morgan fingerprint density at radius 1 is 0.976 bits per heavy atom. The molecule has 1 aliphatic rings. The summed E-state index contributed by atoms with van der Waals surface area (Å²) in [6.07, 6.45) is 0. The van der Waals surface area contributed by atoms with E-state index >= 15 is 0 Å². The standard InChI is InChI=1S/C26H21Cl2N3O9S/c27-20-7-5-16(13-22(20)31(35)36)25(33)18-3-1-2-4-19(18)26(34)40-15-24(32)29-17-6-8-21(28)23(14-17)41(37,38)30-9-11-39-12-10-30/h1-8,13-14H,9-12,15H2,(H,29,32). The number of hydrogen-bond donors (Lipinski definition) is 1. The minimum absolute atomic E-state index is 0.0341. The zero-order valence-corrected chi connectivity index (χ0v) is 23.4. The molecule has 214 valence electrons. The highest BCUT2D eigenvalue weighted by molar-refractivity contribution is 7.89. The number of halogens is 2. The van der Waals surface area contributed by atoms with E-state index < -0.39 is 44.9 Å². The number of esters is 1. The molecule has 0 saturated carbocycles. The molecule has 0 unspecified atom stereocenters. The highest BCUT2D eigenvalue weighted by Crippen LogP contribution is 2.29. The van der Waals surface area contributed by atoms with Gasteiger partial charge in [-0.3, -0.25) is 19.7 Å². The van der Waals surface area contributed by atoms with Gasteiger partial charge in [0.2, 0.25) is 10.0 Å². The molecule has 15 heteroatoms. The lowest BCUT2D eigenvalue weighted by Crippen LogP contribution is -2.40. The van der Waals surface area contributed by atoms with Crippen LogP contribution in [0.5, 0.6) is 0 Å². The van der Waals surface area contributed by atoms with Crippen molar-refractivity contribution in [2.75, 3.05) is 38.2 Å². The van der Waals surface area contributed by atoms with Crippen molar-refractivity contribution in [3.05, 3.63) is 97.5 Å². The number of sulfonamides is 1. The minimum atomic E-state index is -3.95. The lowest BCUT2D eigenvalue weighted by atomic mass is 9.98. The summed E-state index contributed by atoms with van der Waals surface area (Å²) < 4.78 is 37.5. The summed E-state index contributed by atoms with van der Waals surface area (Å²) in [6.45, 7) is 0.0378. The number of nitrogens with zero attached hydrogens (tertiary/aromatic N) is 2. The zero-order valence-electron chi connectivity index (χ0n) is 21.0. The van der Waals surface area contributed by atoms with Gasteiger partial charge in [-0.2, -0.15) is 4.31 Å². The van der Waals surface area contributed by atoms with Gasteiger partial charge in [0.05, 0.1) is 28.7 Å². The highest BCUT2D eigenvalue weighted by atomic mass is 35.5. The Balaban J connectivity index is 1.45. The van der Waals surface area contributed by atoms with Gasteiger partial charge in [0, 0.05) is 36.0 Å². The number of nitro benzene ring substituents is 1. The molecule has 1 amide bonds. The molecule has 41 heavy (non-hydrogen) atoms. The van der Waals surface area contributed by atoms with Gasteiger partial charge in [-0.1, -0.05) is 41.4 Å². The Labute approximate surface area is 244 Å². The Kier molecular flexibility index (Phi) is 9.35. The first-order chi connectivity index (χ1) is 19.5. The number of carbonyl (C=O) groups is 3. The largest absolute Gasteiger partial charge is 0.452 e. The quantitative estimate of drug-likeness (QED) is 0.161. The first kappa shape index (κ1) is 30.1. The maximum atomic E-state index is 13.1. The van der Waals surface area contributed by atoms with Crippen LogP contribution in [0, 0.1) is 10.1 Å². The van der Waals surface area contributed by atoms with E-state index in [1.165, 1.54) is 58.9 Å². The van der Waals surface area contributed by atoms with Crippen molar-refractivity contribution >= 4 is 62.3 Å². The maximum absolute atomic E-state index is 13.1. The van der Waals surface area contributed by atoms with Crippen molar-refractivity contribution in [1.29, 1.82) is 0 Å². The third kappa shape index (κ3) is 6.89. The van der Waals surface area contributed by atoms with Crippen LogP contribution >= 0.6 is 23.2 Å². The molecule has 1 aliphatic heterocycles. The van der Waals surface area contributed by atoms with E-state index in [9.17, 15) is 32.9 Å². The van der Waals surface area contributed by atoms with Crippen LogP contribution in [0.2, 0.25) is 10.0 Å². The predicted octanol–water partition coefficient (Wildman–Crippen LogP) is 3.95. The fraction of sp³-hybridized carbons (Fsp3) is 0.192. The van der Waals surface area contributed by atoms with Gasteiger partial charge in [-0.15, -0.1) is 0 Å². The Hall–Kier alpha value is -3.88. The molecule has 0 atom stereocenters. The minimum Gasteiger partial charge on any atom is -0.452 e. The van der Waals surface area contributed by atoms with Crippen LogP contribution in [-0.2, 0) is 24.3 Å². The van der Waals surface area contributed by atoms with Gasteiger partial charge in [0.1, 0.15) is 9.92 Å². The van der Waals surface area contributed by atoms with Gasteiger partial charge in [-0.25, -0.2) is 13.2 Å². The van der Waals surface area contributed by atoms with Crippen LogP contribution in [0.15, 0.2) is 65.6 Å². The molecule has 0 spiro atoms. The number of morpholine rings is 1. The summed E-state index contributed by atoms with van der Waals surface area (Å²) in [5.74, 6) is -2.48. The molecule has 3 aromatic rings. The average Bonchev–Trinajstić information content (AvgIpc) is 2.97. The van der Waals surface area contributed by atoms with E-state index in [1.807, 2.05) is 0 Å². The van der Waals surface area contributed by atoms with Gasteiger partial charge in [0.25, 0.3) is 11.6 Å². The van der Waals surface area contributed by atoms with Crippen LogP contribution in [0.1, 0.15) is 26.3 Å². The summed E-state index contributed by atoms with van der Waals surface area (Å²) in [7, 11) is -3.95. The number of anilines is 1. The van der Waals surface area contributed by atoms with Crippen LogP contribution < -0.4 is 5.32 Å². The molecule has 0 bridgehead atoms. The number of rotatable bonds is 9. The number of benzene rings is 3. The van der Waals surface area contributed by atoms with Crippen molar-refractivity contribution in [2.24, 2.45) is 0 Å². The van der Waals surface area contributed by atoms with Crippen molar-refractivity contribution in [1.82, 2.24) is 4.31 Å². The van der Waals surface area contributed by atoms with Crippen LogP contribution in [0.3, 0.4) is 0 Å². The molecule has 1 N–H and O–H groups in total. The van der Waals surface area contributed by atoms with Crippen molar-refractivity contribution in [3.63, 3.8) is 0 Å². The second kappa shape index (κ2) is 12.7. The summed E-state index contributed by atoms with van der Waals surface area (Å²) in [5, 5.41) is 13.5. The molecule has 4 rings (SSSR count). The molecule has 0 aromatic heterocycles. The number of amides is 1. The van der Waals surface area contributed by atoms with Crippen LogP contribution in [0.25, 0.3) is 0 Å². The molecule has 0 radical (unpaired) electrons. The van der Waals surface area contributed by atoms with E-state index in [1.54, 1.807) is 0 Å². The van der Waals surface area contributed by atoms with Gasteiger partial charge < -0.3 is 14.8 Å². The number of nitrogens with one attached hydrogen (secondary N) is 1. The van der Waals surface area contributed by atoms with Crippen molar-refractivity contribution in [2.45, 2.75) is 4.90 Å². The summed E-state index contributed by atoms with van der Waals surface area (Å²) in [6, 6.07) is 13.0. The first-order valence-electron chi connectivity index (χ1n) is 11.9. The molecule has 1 saturated heterocycles. The number of carbonyl (C=O) groups excluding carboxylic acids is 3. The SMILES string of the molecule is O=C(COC(=O)c1ccccc1C(=O)c1ccc(Cl)c([N+](=O)[O-])c1)Nc1ccc(Cl)c(S(=O)(=O)N2CCOCC2)c1. The molecule has 0 aliphatic carbocycles. The third-order valence-corrected chi connectivity index (χ3v) is 8.63. The highest BCUT2D eigenvalue weighted by Gasteiger charge is 2.29. The topological polar surface area (TPSA) is 162 Å². The molecule has 1 fully saturated rings. The lowest BCUT2D eigenvalue weighted by Gasteiger charge is -2.26. The van der Waals surface area contributed by atoms with E-state index in [-0.39, 0.29) is 63.6 Å². The first-order valence-corrected chi connectivity index (χ1v) is 14.1. The fourth-order valence-corrected chi connectivity index (χ4v) is 6.01. The van der Waals surface area contributed by atoms with Crippen LogP contribution in [-0.4, -0.2) is 68.2 Å². The zero-order chi connectivity index (χ0) is 29.7. The normalized spacial score (nSPS) is 13.8. The van der Waals surface area contributed by atoms with E-state index in [2.05, 4.69) is 5.32 Å². The van der Waals surface area contributed by atoms with Gasteiger partial charge in [0.15, 0.2) is 12.4 Å². The molecule has 12 nitrogen and oxygen atoms in total. The second-order valence-electron chi connectivity index (χ2n) is 8.58. The summed E-state index contributed by atoms with van der Waals surface area (Å²) in [5.41, 5.74) is -0.734. The van der Waals surface area contributed by atoms with Crippen LogP contribution in [0.4, 0.5) is 11.4 Å². The molecular weight excluding hydrogens is 601 g/mol. The van der Waals surface area contributed by atoms with Gasteiger partial charge >= 0.3 is 5.97 Å². The number of ether oxygens (including phenoxy) is 2. The molecule has 3 aromatic carbocycles. The molecular formula is C26H21Cl2N3O9S. The lowest BCUT2D eigenvalue weighted by molar-refractivity contribution is -0.384. The second-order valence-corrected chi connectivity index (χ2v) is 11.3. The van der Waals surface area contributed by atoms with E-state index in [0.717, 1.165) is 6.07 Å². The predicted molar refractivity (Wildman–Crippen MR) is 148 cm³/mol.